The fourth-order valence-corrected chi connectivity index (χ4v) is 1.06. The maximum Gasteiger partial charge on any atom is 0.330 e. The van der Waals surface area contributed by atoms with Crippen LogP contribution in [-0.2, 0) is 19.1 Å². The van der Waals surface area contributed by atoms with Crippen LogP contribution >= 0.6 is 0 Å². The summed E-state index contributed by atoms with van der Waals surface area (Å²) in [6.07, 6.45) is -0.0783. The molecule has 1 aliphatic rings. The Hall–Kier alpha value is -1.65. The molecule has 1 N–H and O–H groups in total. The number of carboxylic acids is 1. The van der Waals surface area contributed by atoms with Gasteiger partial charge in [0.1, 0.15) is 0 Å². The summed E-state index contributed by atoms with van der Waals surface area (Å²) in [7, 11) is 0. The molecule has 0 aromatic rings. The summed E-state index contributed by atoms with van der Waals surface area (Å²) < 4.78 is 4.24. The average Bonchev–Trinajstić information content (AvgIpc) is 2.30. The van der Waals surface area contributed by atoms with E-state index in [9.17, 15) is 14.4 Å². The van der Waals surface area contributed by atoms with E-state index in [4.69, 9.17) is 5.11 Å². The SMILES string of the molecule is C=C(CC1CC(=O)OC1=O)C(=O)O. The van der Waals surface area contributed by atoms with Gasteiger partial charge in [0.05, 0.1) is 12.3 Å². The van der Waals surface area contributed by atoms with Crippen molar-refractivity contribution in [2.45, 2.75) is 12.8 Å². The van der Waals surface area contributed by atoms with Gasteiger partial charge in [0, 0.05) is 5.57 Å². The Labute approximate surface area is 74.0 Å². The molecule has 0 bridgehead atoms. The molecule has 0 aromatic heterocycles. The summed E-state index contributed by atoms with van der Waals surface area (Å²) in [5, 5.41) is 8.46. The lowest BCUT2D eigenvalue weighted by molar-refractivity contribution is -0.153. The molecule has 0 amide bonds. The standard InChI is InChI=1S/C8H8O5/c1-4(7(10)11)2-5-3-6(9)13-8(5)12/h5H,1-3H2,(H,10,11). The fourth-order valence-electron chi connectivity index (χ4n) is 1.06. The van der Waals surface area contributed by atoms with Crippen LogP contribution in [-0.4, -0.2) is 23.0 Å². The number of ether oxygens (including phenoxy) is 1. The molecule has 1 saturated heterocycles. The summed E-state index contributed by atoms with van der Waals surface area (Å²) in [6.45, 7) is 3.26. The Bertz CT molecular complexity index is 291. The van der Waals surface area contributed by atoms with E-state index < -0.39 is 23.8 Å². The Morgan fingerprint density at radius 2 is 2.23 bits per heavy atom. The molecule has 5 nitrogen and oxygen atoms in total. The normalized spacial score (nSPS) is 21.4. The fraction of sp³-hybridized carbons (Fsp3) is 0.375. The predicted molar refractivity (Wildman–Crippen MR) is 40.6 cm³/mol. The number of carbonyl (C=O) groups excluding carboxylic acids is 2. The molecule has 70 valence electrons. The molecule has 1 fully saturated rings. The van der Waals surface area contributed by atoms with Gasteiger partial charge in [-0.15, -0.1) is 0 Å². The van der Waals surface area contributed by atoms with Gasteiger partial charge >= 0.3 is 17.9 Å². The van der Waals surface area contributed by atoms with Crippen molar-refractivity contribution >= 4 is 17.9 Å². The number of aliphatic carboxylic acids is 1. The van der Waals surface area contributed by atoms with Crippen LogP contribution in [0.5, 0.6) is 0 Å². The van der Waals surface area contributed by atoms with Crippen LogP contribution in [0.15, 0.2) is 12.2 Å². The topological polar surface area (TPSA) is 80.7 Å². The summed E-state index contributed by atoms with van der Waals surface area (Å²) in [5.41, 5.74) is -0.0864. The minimum Gasteiger partial charge on any atom is -0.478 e. The molecule has 1 heterocycles. The van der Waals surface area contributed by atoms with Gasteiger partial charge in [-0.1, -0.05) is 6.58 Å². The molecule has 1 unspecified atom stereocenters. The highest BCUT2D eigenvalue weighted by Gasteiger charge is 2.34. The highest BCUT2D eigenvalue weighted by Crippen LogP contribution is 2.22. The van der Waals surface area contributed by atoms with Crippen molar-refractivity contribution in [3.05, 3.63) is 12.2 Å². The Morgan fingerprint density at radius 1 is 1.62 bits per heavy atom. The van der Waals surface area contributed by atoms with Crippen LogP contribution in [0.3, 0.4) is 0 Å². The van der Waals surface area contributed by atoms with Crippen LogP contribution < -0.4 is 0 Å². The predicted octanol–water partition coefficient (Wildman–Crippen LogP) is 0.107. The van der Waals surface area contributed by atoms with E-state index in [1.54, 1.807) is 0 Å². The second-order valence-electron chi connectivity index (χ2n) is 2.81. The third kappa shape index (κ3) is 2.14. The van der Waals surface area contributed by atoms with Crippen molar-refractivity contribution < 1.29 is 24.2 Å². The lowest BCUT2D eigenvalue weighted by Crippen LogP contribution is -2.11. The van der Waals surface area contributed by atoms with Crippen molar-refractivity contribution in [2.75, 3.05) is 0 Å². The molecular formula is C8H8O5. The number of carbonyl (C=O) groups is 3. The van der Waals surface area contributed by atoms with Crippen molar-refractivity contribution in [1.82, 2.24) is 0 Å². The lowest BCUT2D eigenvalue weighted by atomic mass is 9.99. The highest BCUT2D eigenvalue weighted by molar-refractivity contribution is 5.96. The van der Waals surface area contributed by atoms with Crippen molar-refractivity contribution in [1.29, 1.82) is 0 Å². The molecule has 0 aliphatic carbocycles. The summed E-state index contributed by atoms with van der Waals surface area (Å²) in [5.74, 6) is -3.09. The minimum atomic E-state index is -1.16. The van der Waals surface area contributed by atoms with Crippen molar-refractivity contribution in [3.63, 3.8) is 0 Å². The molecule has 5 heteroatoms. The zero-order valence-corrected chi connectivity index (χ0v) is 6.78. The van der Waals surface area contributed by atoms with Crippen molar-refractivity contribution in [3.8, 4) is 0 Å². The van der Waals surface area contributed by atoms with Gasteiger partial charge < -0.3 is 9.84 Å². The van der Waals surface area contributed by atoms with Crippen LogP contribution in [0.2, 0.25) is 0 Å². The maximum atomic E-state index is 10.9. The Kier molecular flexibility index (Phi) is 2.46. The number of hydrogen-bond donors (Lipinski definition) is 1. The van der Waals surface area contributed by atoms with Crippen LogP contribution in [0.1, 0.15) is 12.8 Å². The number of rotatable bonds is 3. The second kappa shape index (κ2) is 3.38. The first-order valence-corrected chi connectivity index (χ1v) is 3.66. The molecule has 0 aromatic carbocycles. The van der Waals surface area contributed by atoms with E-state index in [2.05, 4.69) is 11.3 Å². The van der Waals surface area contributed by atoms with E-state index >= 15 is 0 Å². The third-order valence-electron chi connectivity index (χ3n) is 1.76. The summed E-state index contributed by atoms with van der Waals surface area (Å²) in [6, 6.07) is 0. The molecule has 1 aliphatic heterocycles. The number of esters is 2. The van der Waals surface area contributed by atoms with Crippen LogP contribution in [0.4, 0.5) is 0 Å². The van der Waals surface area contributed by atoms with Crippen molar-refractivity contribution in [2.24, 2.45) is 5.92 Å². The van der Waals surface area contributed by atoms with Gasteiger partial charge in [-0.3, -0.25) is 9.59 Å². The first-order valence-electron chi connectivity index (χ1n) is 3.66. The number of cyclic esters (lactones) is 2. The van der Waals surface area contributed by atoms with E-state index in [-0.39, 0.29) is 18.4 Å². The Balaban J connectivity index is 2.55. The van der Waals surface area contributed by atoms with E-state index in [1.807, 2.05) is 0 Å². The highest BCUT2D eigenvalue weighted by atomic mass is 16.6. The largest absolute Gasteiger partial charge is 0.478 e. The summed E-state index contributed by atoms with van der Waals surface area (Å²) in [4.78, 5) is 31.8. The average molecular weight is 184 g/mol. The van der Waals surface area contributed by atoms with Gasteiger partial charge in [-0.2, -0.15) is 0 Å². The Morgan fingerprint density at radius 3 is 2.62 bits per heavy atom. The van der Waals surface area contributed by atoms with Gasteiger partial charge in [0.25, 0.3) is 0 Å². The monoisotopic (exact) mass is 184 g/mol. The molecule has 1 atom stereocenters. The molecular weight excluding hydrogens is 176 g/mol. The summed E-state index contributed by atoms with van der Waals surface area (Å²) >= 11 is 0. The molecule has 0 radical (unpaired) electrons. The smallest absolute Gasteiger partial charge is 0.330 e. The van der Waals surface area contributed by atoms with E-state index in [1.165, 1.54) is 0 Å². The molecule has 0 spiro atoms. The second-order valence-corrected chi connectivity index (χ2v) is 2.81. The number of hydrogen-bond acceptors (Lipinski definition) is 4. The van der Waals surface area contributed by atoms with Gasteiger partial charge in [-0.25, -0.2) is 4.79 Å². The van der Waals surface area contributed by atoms with E-state index in [0.29, 0.717) is 0 Å². The van der Waals surface area contributed by atoms with Crippen LogP contribution in [0.25, 0.3) is 0 Å². The van der Waals surface area contributed by atoms with Gasteiger partial charge in [-0.05, 0) is 6.42 Å². The van der Waals surface area contributed by atoms with Gasteiger partial charge in [0.2, 0.25) is 0 Å². The first kappa shape index (κ1) is 9.44. The number of carboxylic acid groups (broad SMARTS) is 1. The third-order valence-corrected chi connectivity index (χ3v) is 1.76. The quantitative estimate of drug-likeness (QED) is 0.382. The lowest BCUT2D eigenvalue weighted by Gasteiger charge is -2.02. The molecule has 13 heavy (non-hydrogen) atoms. The molecule has 0 saturated carbocycles. The zero-order valence-electron chi connectivity index (χ0n) is 6.78. The van der Waals surface area contributed by atoms with E-state index in [0.717, 1.165) is 0 Å². The zero-order chi connectivity index (χ0) is 10.0. The first-order chi connectivity index (χ1) is 6.00. The van der Waals surface area contributed by atoms with Crippen LogP contribution in [0, 0.1) is 5.92 Å². The molecule has 1 rings (SSSR count). The minimum absolute atomic E-state index is 0.0279. The van der Waals surface area contributed by atoms with Gasteiger partial charge in [0.15, 0.2) is 0 Å². The maximum absolute atomic E-state index is 10.9.